The van der Waals surface area contributed by atoms with Crippen molar-refractivity contribution in [2.45, 2.75) is 20.0 Å². The number of rotatable bonds is 4. The van der Waals surface area contributed by atoms with Gasteiger partial charge in [0.1, 0.15) is 5.75 Å². The molecule has 0 aliphatic rings. The van der Waals surface area contributed by atoms with Gasteiger partial charge in [-0.25, -0.2) is 0 Å². The number of aliphatic hydroxyl groups is 1. The first-order valence-corrected chi connectivity index (χ1v) is 4.72. The van der Waals surface area contributed by atoms with Crippen LogP contribution in [0.5, 0.6) is 5.75 Å². The van der Waals surface area contributed by atoms with E-state index in [4.69, 9.17) is 4.74 Å². The molecule has 0 aliphatic heterocycles. The number of benzene rings is 1. The van der Waals surface area contributed by atoms with Crippen molar-refractivity contribution in [3.63, 3.8) is 0 Å². The summed E-state index contributed by atoms with van der Waals surface area (Å²) in [6.07, 6.45) is 0.888. The highest BCUT2D eigenvalue weighted by molar-refractivity contribution is 5.36. The van der Waals surface area contributed by atoms with Crippen LogP contribution in [0.2, 0.25) is 0 Å². The minimum absolute atomic E-state index is 0.617. The van der Waals surface area contributed by atoms with Gasteiger partial charge in [-0.1, -0.05) is 12.1 Å². The van der Waals surface area contributed by atoms with Crippen molar-refractivity contribution in [1.29, 1.82) is 0 Å². The fourth-order valence-corrected chi connectivity index (χ4v) is 1.33. The molecule has 0 saturated carbocycles. The minimum Gasteiger partial charge on any atom is -0.494 e. The van der Waals surface area contributed by atoms with E-state index in [1.165, 1.54) is 6.08 Å². The molecule has 0 spiro atoms. The second kappa shape index (κ2) is 4.82. The fourth-order valence-electron chi connectivity index (χ4n) is 1.33. The van der Waals surface area contributed by atoms with E-state index in [0.29, 0.717) is 6.61 Å². The summed E-state index contributed by atoms with van der Waals surface area (Å²) in [7, 11) is 0. The Labute approximate surface area is 84.8 Å². The third-order valence-corrected chi connectivity index (χ3v) is 1.95. The van der Waals surface area contributed by atoms with Crippen LogP contribution in [0.4, 0.5) is 0 Å². The number of aliphatic hydroxyl groups excluding tert-OH is 1. The normalized spacial score (nSPS) is 12.2. The summed E-state index contributed by atoms with van der Waals surface area (Å²) in [5, 5.41) is 9.57. The molecule has 0 amide bonds. The Morgan fingerprint density at radius 3 is 2.79 bits per heavy atom. The Bertz CT molecular complexity index is 318. The summed E-state index contributed by atoms with van der Waals surface area (Å²) in [6, 6.07) is 5.71. The van der Waals surface area contributed by atoms with Gasteiger partial charge >= 0.3 is 0 Å². The lowest BCUT2D eigenvalue weighted by molar-refractivity contribution is 0.228. The van der Waals surface area contributed by atoms with Crippen LogP contribution in [-0.4, -0.2) is 11.7 Å². The molecule has 2 nitrogen and oxygen atoms in total. The van der Waals surface area contributed by atoms with Gasteiger partial charge in [0.05, 0.1) is 12.7 Å². The second-order valence-corrected chi connectivity index (χ2v) is 3.19. The van der Waals surface area contributed by atoms with E-state index in [1.807, 2.05) is 32.0 Å². The Morgan fingerprint density at radius 2 is 2.21 bits per heavy atom. The molecule has 0 radical (unpaired) electrons. The SMILES string of the molecule is C=CC(O)c1cc(C)cc(OCC)c1. The predicted molar refractivity (Wildman–Crippen MR) is 57.5 cm³/mol. The fraction of sp³-hybridized carbons (Fsp3) is 0.333. The lowest BCUT2D eigenvalue weighted by Crippen LogP contribution is -1.97. The van der Waals surface area contributed by atoms with Crippen molar-refractivity contribution in [3.05, 3.63) is 42.0 Å². The average molecular weight is 192 g/mol. The quantitative estimate of drug-likeness (QED) is 0.743. The van der Waals surface area contributed by atoms with E-state index in [9.17, 15) is 5.11 Å². The molecule has 1 N–H and O–H groups in total. The van der Waals surface area contributed by atoms with Crippen molar-refractivity contribution in [2.75, 3.05) is 6.61 Å². The highest BCUT2D eigenvalue weighted by Gasteiger charge is 2.05. The topological polar surface area (TPSA) is 29.5 Å². The zero-order chi connectivity index (χ0) is 10.6. The summed E-state index contributed by atoms with van der Waals surface area (Å²) in [4.78, 5) is 0. The highest BCUT2D eigenvalue weighted by atomic mass is 16.5. The van der Waals surface area contributed by atoms with E-state index in [1.54, 1.807) is 0 Å². The molecule has 0 fully saturated rings. The molecule has 14 heavy (non-hydrogen) atoms. The Kier molecular flexibility index (Phi) is 3.72. The molecule has 1 rings (SSSR count). The lowest BCUT2D eigenvalue weighted by Gasteiger charge is -2.10. The van der Waals surface area contributed by atoms with Crippen LogP contribution >= 0.6 is 0 Å². The van der Waals surface area contributed by atoms with Crippen LogP contribution in [0.3, 0.4) is 0 Å². The third-order valence-electron chi connectivity index (χ3n) is 1.95. The molecule has 1 aromatic carbocycles. The molecule has 1 unspecified atom stereocenters. The van der Waals surface area contributed by atoms with Crippen LogP contribution < -0.4 is 4.74 Å². The number of hydrogen-bond acceptors (Lipinski definition) is 2. The summed E-state index contributed by atoms with van der Waals surface area (Å²) in [6.45, 7) is 8.09. The summed E-state index contributed by atoms with van der Waals surface area (Å²) in [5.74, 6) is 0.795. The lowest BCUT2D eigenvalue weighted by atomic mass is 10.1. The number of hydrogen-bond donors (Lipinski definition) is 1. The smallest absolute Gasteiger partial charge is 0.119 e. The van der Waals surface area contributed by atoms with Crippen molar-refractivity contribution in [3.8, 4) is 5.75 Å². The highest BCUT2D eigenvalue weighted by Crippen LogP contribution is 2.22. The van der Waals surface area contributed by atoms with Gasteiger partial charge in [-0.2, -0.15) is 0 Å². The van der Waals surface area contributed by atoms with Crippen LogP contribution in [0, 0.1) is 6.92 Å². The van der Waals surface area contributed by atoms with E-state index < -0.39 is 6.10 Å². The molecular weight excluding hydrogens is 176 g/mol. The van der Waals surface area contributed by atoms with E-state index >= 15 is 0 Å². The van der Waals surface area contributed by atoms with Gasteiger partial charge < -0.3 is 9.84 Å². The summed E-state index contributed by atoms with van der Waals surface area (Å²) in [5.41, 5.74) is 1.90. The first-order chi connectivity index (χ1) is 6.67. The molecule has 0 aromatic heterocycles. The van der Waals surface area contributed by atoms with Crippen molar-refractivity contribution < 1.29 is 9.84 Å². The van der Waals surface area contributed by atoms with Gasteiger partial charge in [0.25, 0.3) is 0 Å². The van der Waals surface area contributed by atoms with Crippen LogP contribution in [0.1, 0.15) is 24.2 Å². The molecular formula is C12H16O2. The minimum atomic E-state index is -0.617. The molecule has 0 saturated heterocycles. The first-order valence-electron chi connectivity index (χ1n) is 4.72. The van der Waals surface area contributed by atoms with Gasteiger partial charge in [-0.05, 0) is 37.1 Å². The molecule has 0 heterocycles. The Balaban J connectivity index is 3.00. The van der Waals surface area contributed by atoms with Crippen molar-refractivity contribution in [2.24, 2.45) is 0 Å². The molecule has 1 aromatic rings. The first kappa shape index (κ1) is 10.8. The second-order valence-electron chi connectivity index (χ2n) is 3.19. The molecule has 1 atom stereocenters. The van der Waals surface area contributed by atoms with E-state index in [2.05, 4.69) is 6.58 Å². The number of ether oxygens (including phenoxy) is 1. The molecule has 76 valence electrons. The van der Waals surface area contributed by atoms with Gasteiger partial charge in [0.15, 0.2) is 0 Å². The van der Waals surface area contributed by atoms with Gasteiger partial charge in [-0.15, -0.1) is 6.58 Å². The molecule has 0 bridgehead atoms. The van der Waals surface area contributed by atoms with E-state index in [-0.39, 0.29) is 0 Å². The molecule has 2 heteroatoms. The maximum absolute atomic E-state index is 9.57. The largest absolute Gasteiger partial charge is 0.494 e. The zero-order valence-corrected chi connectivity index (χ0v) is 8.66. The van der Waals surface area contributed by atoms with Crippen molar-refractivity contribution >= 4 is 0 Å². The van der Waals surface area contributed by atoms with E-state index in [0.717, 1.165) is 16.9 Å². The Hall–Kier alpha value is -1.28. The molecule has 0 aliphatic carbocycles. The van der Waals surface area contributed by atoms with Crippen LogP contribution in [0.15, 0.2) is 30.9 Å². The summed E-state index contributed by atoms with van der Waals surface area (Å²) < 4.78 is 5.38. The standard InChI is InChI=1S/C12H16O2/c1-4-12(13)10-6-9(3)7-11(8-10)14-5-2/h4,6-8,12-13H,1,5H2,2-3H3. The summed E-state index contributed by atoms with van der Waals surface area (Å²) >= 11 is 0. The van der Waals surface area contributed by atoms with Gasteiger partial charge in [0, 0.05) is 0 Å². The maximum Gasteiger partial charge on any atom is 0.119 e. The Morgan fingerprint density at radius 1 is 1.50 bits per heavy atom. The van der Waals surface area contributed by atoms with Gasteiger partial charge in [0.2, 0.25) is 0 Å². The zero-order valence-electron chi connectivity index (χ0n) is 8.66. The van der Waals surface area contributed by atoms with Crippen LogP contribution in [0.25, 0.3) is 0 Å². The monoisotopic (exact) mass is 192 g/mol. The van der Waals surface area contributed by atoms with Crippen molar-refractivity contribution in [1.82, 2.24) is 0 Å². The van der Waals surface area contributed by atoms with Gasteiger partial charge in [-0.3, -0.25) is 0 Å². The third kappa shape index (κ3) is 2.60. The number of aryl methyl sites for hydroxylation is 1. The predicted octanol–water partition coefficient (Wildman–Crippen LogP) is 2.61. The maximum atomic E-state index is 9.57. The average Bonchev–Trinajstić information content (AvgIpc) is 2.16. The van der Waals surface area contributed by atoms with Crippen LogP contribution in [-0.2, 0) is 0 Å².